The van der Waals surface area contributed by atoms with Gasteiger partial charge in [-0.15, -0.1) is 0 Å². The molecule has 0 aliphatic rings. The summed E-state index contributed by atoms with van der Waals surface area (Å²) in [5, 5.41) is 0. The molecule has 1 amide bonds. The highest BCUT2D eigenvalue weighted by atomic mass is 19.1. The Morgan fingerprint density at radius 2 is 1.82 bits per heavy atom. The Labute approximate surface area is 162 Å². The summed E-state index contributed by atoms with van der Waals surface area (Å²) < 4.78 is 14.5. The van der Waals surface area contributed by atoms with E-state index in [-0.39, 0.29) is 23.8 Å². The van der Waals surface area contributed by atoms with Gasteiger partial charge in [-0.05, 0) is 42.0 Å². The highest BCUT2D eigenvalue weighted by Gasteiger charge is 2.15. The molecule has 0 spiro atoms. The van der Waals surface area contributed by atoms with Gasteiger partial charge in [-0.1, -0.05) is 13.0 Å². The fraction of sp³-hybridized carbons (Fsp3) is 0.182. The molecule has 5 nitrogen and oxygen atoms in total. The summed E-state index contributed by atoms with van der Waals surface area (Å²) in [6.07, 6.45) is 5.36. The van der Waals surface area contributed by atoms with Crippen molar-refractivity contribution < 1.29 is 14.0 Å². The third-order valence-electron chi connectivity index (χ3n) is 4.48. The van der Waals surface area contributed by atoms with E-state index in [1.165, 1.54) is 17.2 Å². The molecule has 0 fully saturated rings. The summed E-state index contributed by atoms with van der Waals surface area (Å²) in [4.78, 5) is 33.7. The Hall–Kier alpha value is -3.41. The third-order valence-corrected chi connectivity index (χ3v) is 4.48. The maximum Gasteiger partial charge on any atom is 0.226 e. The number of pyridine rings is 2. The second-order valence-corrected chi connectivity index (χ2v) is 6.36. The monoisotopic (exact) mass is 377 g/mol. The van der Waals surface area contributed by atoms with Crippen molar-refractivity contribution >= 4 is 17.4 Å². The number of hydrogen-bond donors (Lipinski definition) is 0. The van der Waals surface area contributed by atoms with Crippen LogP contribution in [0.2, 0.25) is 0 Å². The Morgan fingerprint density at radius 3 is 2.43 bits per heavy atom. The molecule has 6 heteroatoms. The van der Waals surface area contributed by atoms with E-state index in [0.29, 0.717) is 23.2 Å². The van der Waals surface area contributed by atoms with Crippen LogP contribution in [0.3, 0.4) is 0 Å². The minimum atomic E-state index is -0.499. The van der Waals surface area contributed by atoms with Crippen LogP contribution in [0.25, 0.3) is 11.3 Å². The minimum absolute atomic E-state index is 0.0496. The van der Waals surface area contributed by atoms with Crippen LogP contribution in [0.5, 0.6) is 0 Å². The molecular formula is C22H20FN3O2. The summed E-state index contributed by atoms with van der Waals surface area (Å²) in [5.41, 5.74) is 2.72. The summed E-state index contributed by atoms with van der Waals surface area (Å²) in [6.45, 7) is 1.73. The van der Waals surface area contributed by atoms with Crippen molar-refractivity contribution in [1.82, 2.24) is 9.97 Å². The molecular weight excluding hydrogens is 357 g/mol. The van der Waals surface area contributed by atoms with Crippen LogP contribution < -0.4 is 4.90 Å². The number of nitrogens with zero attached hydrogens (tertiary/aromatic N) is 3. The molecule has 3 aromatic rings. The van der Waals surface area contributed by atoms with Gasteiger partial charge in [0.05, 0.1) is 11.4 Å². The lowest BCUT2D eigenvalue weighted by Gasteiger charge is -2.17. The normalized spacial score (nSPS) is 10.5. The van der Waals surface area contributed by atoms with Gasteiger partial charge in [0.15, 0.2) is 5.78 Å². The van der Waals surface area contributed by atoms with E-state index in [9.17, 15) is 14.0 Å². The largest absolute Gasteiger partial charge is 0.313 e. The highest BCUT2D eigenvalue weighted by Crippen LogP contribution is 2.25. The van der Waals surface area contributed by atoms with Crippen LogP contribution in [-0.2, 0) is 11.2 Å². The number of ketones is 1. The van der Waals surface area contributed by atoms with Crippen LogP contribution in [-0.4, -0.2) is 28.7 Å². The molecule has 28 heavy (non-hydrogen) atoms. The van der Waals surface area contributed by atoms with Gasteiger partial charge >= 0.3 is 0 Å². The zero-order valence-electron chi connectivity index (χ0n) is 15.7. The highest BCUT2D eigenvalue weighted by molar-refractivity contribution is 5.97. The fourth-order valence-electron chi connectivity index (χ4n) is 2.83. The molecule has 0 unspecified atom stereocenters. The van der Waals surface area contributed by atoms with Crippen molar-refractivity contribution in [1.29, 1.82) is 0 Å². The molecule has 1 aromatic carbocycles. The van der Waals surface area contributed by atoms with E-state index in [2.05, 4.69) is 9.97 Å². The maximum atomic E-state index is 14.5. The number of halogens is 1. The Kier molecular flexibility index (Phi) is 5.89. The van der Waals surface area contributed by atoms with E-state index in [1.54, 1.807) is 62.8 Å². The van der Waals surface area contributed by atoms with E-state index < -0.39 is 5.82 Å². The molecule has 2 aromatic heterocycles. The number of amides is 1. The van der Waals surface area contributed by atoms with Gasteiger partial charge in [-0.25, -0.2) is 4.39 Å². The summed E-state index contributed by atoms with van der Waals surface area (Å²) in [7, 11) is 1.55. The summed E-state index contributed by atoms with van der Waals surface area (Å²) in [6, 6.07) is 11.6. The van der Waals surface area contributed by atoms with E-state index in [4.69, 9.17) is 0 Å². The number of Topliss-reactive ketones (excluding diaryl/α,β-unsaturated/α-hetero) is 1. The van der Waals surface area contributed by atoms with Crippen LogP contribution in [0.1, 0.15) is 29.3 Å². The second kappa shape index (κ2) is 8.52. The number of hydrogen-bond acceptors (Lipinski definition) is 4. The third kappa shape index (κ3) is 4.28. The van der Waals surface area contributed by atoms with Crippen molar-refractivity contribution in [3.8, 4) is 11.3 Å². The van der Waals surface area contributed by atoms with Crippen LogP contribution in [0.15, 0.2) is 61.1 Å². The fourth-order valence-corrected chi connectivity index (χ4v) is 2.83. The first kappa shape index (κ1) is 19.4. The average Bonchev–Trinajstić information content (AvgIpc) is 2.73. The lowest BCUT2D eigenvalue weighted by atomic mass is 10.0. The molecule has 0 saturated carbocycles. The Bertz CT molecular complexity index is 988. The zero-order chi connectivity index (χ0) is 20.1. The average molecular weight is 377 g/mol. The van der Waals surface area contributed by atoms with Crippen molar-refractivity contribution in [3.05, 3.63) is 78.0 Å². The lowest BCUT2D eigenvalue weighted by molar-refractivity contribution is -0.118. The number of aromatic nitrogens is 2. The summed E-state index contributed by atoms with van der Waals surface area (Å²) in [5.74, 6) is -0.713. The first-order chi connectivity index (χ1) is 13.5. The molecule has 0 aliphatic carbocycles. The molecule has 142 valence electrons. The van der Waals surface area contributed by atoms with Crippen molar-refractivity contribution in [3.63, 3.8) is 0 Å². The quantitative estimate of drug-likeness (QED) is 0.607. The standard InChI is InChI=1S/C22H20FN3O2/c1-3-22(28)26(2)20-7-5-16(13-18(20)23)19-6-4-17(14-25-19)21(27)12-15-8-10-24-11-9-15/h4-11,13-14H,3,12H2,1-2H3. The second-order valence-electron chi connectivity index (χ2n) is 6.36. The molecule has 2 heterocycles. The molecule has 0 aliphatic heterocycles. The number of carbonyl (C=O) groups is 2. The first-order valence-electron chi connectivity index (χ1n) is 8.94. The van der Waals surface area contributed by atoms with Gasteiger partial charge < -0.3 is 4.90 Å². The predicted octanol–water partition coefficient (Wildman–Crippen LogP) is 4.08. The lowest BCUT2D eigenvalue weighted by Crippen LogP contribution is -2.25. The Morgan fingerprint density at radius 1 is 1.07 bits per heavy atom. The number of benzene rings is 1. The molecule has 0 bridgehead atoms. The van der Waals surface area contributed by atoms with Crippen molar-refractivity contribution in [2.24, 2.45) is 0 Å². The summed E-state index contributed by atoms with van der Waals surface area (Å²) >= 11 is 0. The van der Waals surface area contributed by atoms with Crippen LogP contribution in [0.4, 0.5) is 10.1 Å². The van der Waals surface area contributed by atoms with Gasteiger partial charge in [0.25, 0.3) is 0 Å². The Balaban J connectivity index is 1.77. The first-order valence-corrected chi connectivity index (χ1v) is 8.94. The van der Waals surface area contributed by atoms with Gasteiger partial charge in [0.1, 0.15) is 5.82 Å². The number of carbonyl (C=O) groups excluding carboxylic acids is 2. The zero-order valence-corrected chi connectivity index (χ0v) is 15.7. The van der Waals surface area contributed by atoms with E-state index >= 15 is 0 Å². The topological polar surface area (TPSA) is 63.2 Å². The van der Waals surface area contributed by atoms with Crippen molar-refractivity contribution in [2.75, 3.05) is 11.9 Å². The van der Waals surface area contributed by atoms with Gasteiger partial charge in [0, 0.05) is 49.6 Å². The van der Waals surface area contributed by atoms with E-state index in [0.717, 1.165) is 5.56 Å². The van der Waals surface area contributed by atoms with Gasteiger partial charge in [0.2, 0.25) is 5.91 Å². The predicted molar refractivity (Wildman–Crippen MR) is 106 cm³/mol. The van der Waals surface area contributed by atoms with Crippen LogP contribution >= 0.6 is 0 Å². The van der Waals surface area contributed by atoms with Gasteiger partial charge in [-0.3, -0.25) is 19.6 Å². The SMILES string of the molecule is CCC(=O)N(C)c1ccc(-c2ccc(C(=O)Cc3ccncc3)cn2)cc1F. The van der Waals surface area contributed by atoms with Crippen molar-refractivity contribution in [2.45, 2.75) is 19.8 Å². The molecule has 3 rings (SSSR count). The number of anilines is 1. The van der Waals surface area contributed by atoms with E-state index in [1.807, 2.05) is 0 Å². The van der Waals surface area contributed by atoms with Gasteiger partial charge in [-0.2, -0.15) is 0 Å². The van der Waals surface area contributed by atoms with Crippen LogP contribution in [0, 0.1) is 5.82 Å². The molecule has 0 saturated heterocycles. The maximum absolute atomic E-state index is 14.5. The smallest absolute Gasteiger partial charge is 0.226 e. The molecule has 0 radical (unpaired) electrons. The molecule has 0 atom stereocenters. The number of rotatable bonds is 6. The molecule has 0 N–H and O–H groups in total. The minimum Gasteiger partial charge on any atom is -0.313 e.